The number of nitrogens with one attached hydrogen (secondary N) is 1. The SMILES string of the molecule is CCNCc1c(C)cc(C)nc1N1Cc2ccccc2C1. The summed E-state index contributed by atoms with van der Waals surface area (Å²) in [6.45, 7) is 10.2. The van der Waals surface area contributed by atoms with Gasteiger partial charge < -0.3 is 10.2 Å². The Balaban J connectivity index is 1.95. The predicted molar refractivity (Wildman–Crippen MR) is 87.4 cm³/mol. The second-order valence-corrected chi connectivity index (χ2v) is 5.79. The quantitative estimate of drug-likeness (QED) is 0.931. The number of benzene rings is 1. The molecule has 2 heterocycles. The van der Waals surface area contributed by atoms with Gasteiger partial charge in [-0.25, -0.2) is 4.98 Å². The topological polar surface area (TPSA) is 28.2 Å². The lowest BCUT2D eigenvalue weighted by Crippen LogP contribution is -2.22. The summed E-state index contributed by atoms with van der Waals surface area (Å²) in [4.78, 5) is 7.24. The number of anilines is 1. The molecule has 3 heteroatoms. The Labute approximate surface area is 127 Å². The van der Waals surface area contributed by atoms with Crippen LogP contribution >= 0.6 is 0 Å². The van der Waals surface area contributed by atoms with E-state index in [4.69, 9.17) is 4.98 Å². The molecule has 0 aliphatic carbocycles. The highest BCUT2D eigenvalue weighted by atomic mass is 15.2. The molecule has 1 aliphatic heterocycles. The van der Waals surface area contributed by atoms with E-state index in [0.29, 0.717) is 0 Å². The van der Waals surface area contributed by atoms with Crippen LogP contribution in [0.4, 0.5) is 5.82 Å². The monoisotopic (exact) mass is 281 g/mol. The van der Waals surface area contributed by atoms with Crippen molar-refractivity contribution in [1.82, 2.24) is 10.3 Å². The van der Waals surface area contributed by atoms with Crippen molar-refractivity contribution in [3.63, 3.8) is 0 Å². The smallest absolute Gasteiger partial charge is 0.134 e. The summed E-state index contributed by atoms with van der Waals surface area (Å²) >= 11 is 0. The van der Waals surface area contributed by atoms with Gasteiger partial charge in [0.2, 0.25) is 0 Å². The van der Waals surface area contributed by atoms with Gasteiger partial charge in [0.25, 0.3) is 0 Å². The molecule has 0 radical (unpaired) electrons. The summed E-state index contributed by atoms with van der Waals surface area (Å²) in [5, 5.41) is 3.44. The van der Waals surface area contributed by atoms with Crippen LogP contribution in [0.3, 0.4) is 0 Å². The predicted octanol–water partition coefficient (Wildman–Crippen LogP) is 3.33. The van der Waals surface area contributed by atoms with Crippen LogP contribution in [0, 0.1) is 13.8 Å². The molecule has 2 aromatic rings. The third-order valence-electron chi connectivity index (χ3n) is 4.15. The highest BCUT2D eigenvalue weighted by molar-refractivity contribution is 5.55. The summed E-state index contributed by atoms with van der Waals surface area (Å²) in [5.41, 5.74) is 6.60. The minimum Gasteiger partial charge on any atom is -0.348 e. The Kier molecular flexibility index (Phi) is 3.93. The molecule has 0 unspecified atom stereocenters. The Morgan fingerprint density at radius 1 is 1.14 bits per heavy atom. The molecule has 1 aliphatic rings. The lowest BCUT2D eigenvalue weighted by atomic mass is 10.1. The molecule has 1 aromatic heterocycles. The highest BCUT2D eigenvalue weighted by Gasteiger charge is 2.22. The van der Waals surface area contributed by atoms with Crippen molar-refractivity contribution < 1.29 is 0 Å². The van der Waals surface area contributed by atoms with Gasteiger partial charge in [-0.1, -0.05) is 31.2 Å². The molecule has 0 atom stereocenters. The normalized spacial score (nSPS) is 13.6. The number of hydrogen-bond acceptors (Lipinski definition) is 3. The van der Waals surface area contributed by atoms with Gasteiger partial charge in [0.05, 0.1) is 0 Å². The first-order valence-corrected chi connectivity index (χ1v) is 7.68. The van der Waals surface area contributed by atoms with Crippen molar-refractivity contribution in [2.45, 2.75) is 40.4 Å². The van der Waals surface area contributed by atoms with E-state index in [2.05, 4.69) is 61.3 Å². The number of aromatic nitrogens is 1. The number of hydrogen-bond donors (Lipinski definition) is 1. The van der Waals surface area contributed by atoms with Crippen LogP contribution in [-0.4, -0.2) is 11.5 Å². The van der Waals surface area contributed by atoms with Crippen molar-refractivity contribution in [2.75, 3.05) is 11.4 Å². The van der Waals surface area contributed by atoms with Crippen molar-refractivity contribution in [3.8, 4) is 0 Å². The third-order valence-corrected chi connectivity index (χ3v) is 4.15. The molecular formula is C18H23N3. The fraction of sp³-hybridized carbons (Fsp3) is 0.389. The van der Waals surface area contributed by atoms with Gasteiger partial charge in [0.15, 0.2) is 0 Å². The minimum atomic E-state index is 0.887. The van der Waals surface area contributed by atoms with Gasteiger partial charge in [0, 0.05) is 30.9 Å². The van der Waals surface area contributed by atoms with Crippen molar-refractivity contribution >= 4 is 5.82 Å². The van der Waals surface area contributed by atoms with E-state index in [1.165, 1.54) is 22.3 Å². The van der Waals surface area contributed by atoms with Crippen LogP contribution in [0.5, 0.6) is 0 Å². The molecule has 110 valence electrons. The zero-order chi connectivity index (χ0) is 14.8. The van der Waals surface area contributed by atoms with E-state index in [1.807, 2.05) is 0 Å². The molecule has 1 N–H and O–H groups in total. The van der Waals surface area contributed by atoms with Crippen LogP contribution in [0.15, 0.2) is 30.3 Å². The molecule has 0 spiro atoms. The van der Waals surface area contributed by atoms with E-state index in [0.717, 1.165) is 37.7 Å². The largest absolute Gasteiger partial charge is 0.348 e. The molecule has 21 heavy (non-hydrogen) atoms. The number of aryl methyl sites for hydroxylation is 2. The van der Waals surface area contributed by atoms with E-state index in [1.54, 1.807) is 0 Å². The highest BCUT2D eigenvalue weighted by Crippen LogP contribution is 2.30. The van der Waals surface area contributed by atoms with Gasteiger partial charge in [0.1, 0.15) is 5.82 Å². The first kappa shape index (κ1) is 14.1. The van der Waals surface area contributed by atoms with E-state index in [9.17, 15) is 0 Å². The fourth-order valence-electron chi connectivity index (χ4n) is 3.06. The van der Waals surface area contributed by atoms with Crippen molar-refractivity contribution in [1.29, 1.82) is 0 Å². The van der Waals surface area contributed by atoms with Gasteiger partial charge in [-0.15, -0.1) is 0 Å². The van der Waals surface area contributed by atoms with Gasteiger partial charge in [-0.3, -0.25) is 0 Å². The Morgan fingerprint density at radius 3 is 2.43 bits per heavy atom. The summed E-state index contributed by atoms with van der Waals surface area (Å²) in [6.07, 6.45) is 0. The molecule has 0 saturated carbocycles. The number of nitrogens with zero attached hydrogens (tertiary/aromatic N) is 2. The maximum Gasteiger partial charge on any atom is 0.134 e. The molecule has 3 rings (SSSR count). The average molecular weight is 281 g/mol. The standard InChI is InChI=1S/C18H23N3/c1-4-19-10-17-13(2)9-14(3)20-18(17)21-11-15-7-5-6-8-16(15)12-21/h5-9,19H,4,10-12H2,1-3H3. The molecule has 1 aromatic carbocycles. The minimum absolute atomic E-state index is 0.887. The first-order valence-electron chi connectivity index (χ1n) is 7.68. The van der Waals surface area contributed by atoms with E-state index >= 15 is 0 Å². The summed E-state index contributed by atoms with van der Waals surface area (Å²) in [6, 6.07) is 10.9. The second-order valence-electron chi connectivity index (χ2n) is 5.79. The first-order chi connectivity index (χ1) is 10.2. The number of fused-ring (bicyclic) bond motifs is 1. The Bertz CT molecular complexity index is 624. The molecule has 3 nitrogen and oxygen atoms in total. The van der Waals surface area contributed by atoms with E-state index < -0.39 is 0 Å². The van der Waals surface area contributed by atoms with Crippen LogP contribution in [0.1, 0.15) is 34.9 Å². The van der Waals surface area contributed by atoms with Crippen LogP contribution in [0.25, 0.3) is 0 Å². The second kappa shape index (κ2) is 5.86. The van der Waals surface area contributed by atoms with Gasteiger partial charge >= 0.3 is 0 Å². The van der Waals surface area contributed by atoms with Crippen molar-refractivity contribution in [2.24, 2.45) is 0 Å². The molecule has 0 bridgehead atoms. The zero-order valence-corrected chi connectivity index (χ0v) is 13.1. The van der Waals surface area contributed by atoms with Gasteiger partial charge in [-0.2, -0.15) is 0 Å². The third kappa shape index (κ3) is 2.79. The van der Waals surface area contributed by atoms with Crippen LogP contribution in [-0.2, 0) is 19.6 Å². The number of pyridine rings is 1. The van der Waals surface area contributed by atoms with Crippen LogP contribution in [0.2, 0.25) is 0 Å². The summed E-state index contributed by atoms with van der Waals surface area (Å²) in [7, 11) is 0. The number of rotatable bonds is 4. The van der Waals surface area contributed by atoms with Gasteiger partial charge in [-0.05, 0) is 43.1 Å². The molecule has 0 amide bonds. The Morgan fingerprint density at radius 2 is 1.81 bits per heavy atom. The van der Waals surface area contributed by atoms with E-state index in [-0.39, 0.29) is 0 Å². The lowest BCUT2D eigenvalue weighted by Gasteiger charge is -2.22. The van der Waals surface area contributed by atoms with Crippen molar-refractivity contribution in [3.05, 3.63) is 58.3 Å². The zero-order valence-electron chi connectivity index (χ0n) is 13.1. The maximum atomic E-state index is 4.84. The molecular weight excluding hydrogens is 258 g/mol. The average Bonchev–Trinajstić information content (AvgIpc) is 2.89. The van der Waals surface area contributed by atoms with Crippen LogP contribution < -0.4 is 10.2 Å². The maximum absolute atomic E-state index is 4.84. The summed E-state index contributed by atoms with van der Waals surface area (Å²) < 4.78 is 0. The lowest BCUT2D eigenvalue weighted by molar-refractivity contribution is 0.711. The summed E-state index contributed by atoms with van der Waals surface area (Å²) in [5.74, 6) is 1.14. The molecule has 0 fully saturated rings. The fourth-order valence-corrected chi connectivity index (χ4v) is 3.06. The Hall–Kier alpha value is -1.87. The molecule has 0 saturated heterocycles.